The van der Waals surface area contributed by atoms with Gasteiger partial charge in [0.2, 0.25) is 0 Å². The fourth-order valence-electron chi connectivity index (χ4n) is 4.97. The van der Waals surface area contributed by atoms with E-state index in [0.29, 0.717) is 29.3 Å². The zero-order chi connectivity index (χ0) is 27.6. The number of hydrogen-bond acceptors (Lipinski definition) is 5. The fraction of sp³-hybridized carbons (Fsp3) is 0.161. The number of cyclic esters (lactones) is 2. The molecule has 0 saturated carbocycles. The fourth-order valence-corrected chi connectivity index (χ4v) is 4.97. The highest BCUT2D eigenvalue weighted by molar-refractivity contribution is 5.92. The molecule has 202 valence electrons. The highest BCUT2D eigenvalue weighted by atomic mass is 19.1. The van der Waals surface area contributed by atoms with Gasteiger partial charge >= 0.3 is 12.2 Å². The maximum Gasteiger partial charge on any atom is 0.415 e. The standard InChI is InChI=1S/C31H24F2N2O5/c32-22-8-12-24(13-9-22)34-18-27(39-30(34)36)29-28(35(31(37)40-29)25-14-10-23(33)11-15-25)21-6-16-26(17-7-21)38-19-20-4-2-1-3-5-20/h1-17,27-29H,18-19H2. The van der Waals surface area contributed by atoms with Gasteiger partial charge < -0.3 is 14.2 Å². The van der Waals surface area contributed by atoms with Gasteiger partial charge in [-0.25, -0.2) is 18.4 Å². The van der Waals surface area contributed by atoms with Crippen LogP contribution in [0.5, 0.6) is 5.75 Å². The maximum atomic E-state index is 13.7. The summed E-state index contributed by atoms with van der Waals surface area (Å²) in [7, 11) is 0. The van der Waals surface area contributed by atoms with Crippen molar-refractivity contribution in [1.29, 1.82) is 0 Å². The van der Waals surface area contributed by atoms with Crippen molar-refractivity contribution >= 4 is 23.6 Å². The van der Waals surface area contributed by atoms with Crippen LogP contribution in [0.3, 0.4) is 0 Å². The van der Waals surface area contributed by atoms with Crippen LogP contribution in [0.2, 0.25) is 0 Å². The molecule has 0 radical (unpaired) electrons. The Morgan fingerprint density at radius 3 is 2.00 bits per heavy atom. The minimum atomic E-state index is -0.872. The van der Waals surface area contributed by atoms with Crippen molar-refractivity contribution in [3.63, 3.8) is 0 Å². The van der Waals surface area contributed by atoms with Crippen molar-refractivity contribution in [2.24, 2.45) is 0 Å². The third-order valence-corrected chi connectivity index (χ3v) is 6.94. The predicted octanol–water partition coefficient (Wildman–Crippen LogP) is 6.64. The number of amides is 2. The van der Waals surface area contributed by atoms with Crippen LogP contribution in [0, 0.1) is 11.6 Å². The summed E-state index contributed by atoms with van der Waals surface area (Å²) in [6.45, 7) is 0.487. The van der Waals surface area contributed by atoms with E-state index in [4.69, 9.17) is 14.2 Å². The van der Waals surface area contributed by atoms with Crippen molar-refractivity contribution in [2.75, 3.05) is 16.3 Å². The molecule has 3 unspecified atom stereocenters. The molecule has 2 heterocycles. The molecule has 4 aromatic rings. The first kappa shape index (κ1) is 25.4. The Labute approximate surface area is 229 Å². The summed E-state index contributed by atoms with van der Waals surface area (Å²) in [4.78, 5) is 28.8. The highest BCUT2D eigenvalue weighted by Gasteiger charge is 2.51. The van der Waals surface area contributed by atoms with Gasteiger partial charge in [-0.2, -0.15) is 0 Å². The lowest BCUT2D eigenvalue weighted by molar-refractivity contribution is 0.0309. The molecule has 0 aliphatic carbocycles. The van der Waals surface area contributed by atoms with Crippen molar-refractivity contribution in [3.05, 3.63) is 126 Å². The van der Waals surface area contributed by atoms with Crippen LogP contribution >= 0.6 is 0 Å². The molecule has 40 heavy (non-hydrogen) atoms. The first-order valence-electron chi connectivity index (χ1n) is 12.7. The molecule has 3 atom stereocenters. The molecule has 6 rings (SSSR count). The minimum Gasteiger partial charge on any atom is -0.489 e. The molecule has 2 aliphatic heterocycles. The topological polar surface area (TPSA) is 68.3 Å². The average Bonchev–Trinajstić information content (AvgIpc) is 3.53. The van der Waals surface area contributed by atoms with E-state index in [2.05, 4.69) is 0 Å². The average molecular weight is 543 g/mol. The molecule has 7 nitrogen and oxygen atoms in total. The van der Waals surface area contributed by atoms with Gasteiger partial charge in [0.25, 0.3) is 0 Å². The second-order valence-electron chi connectivity index (χ2n) is 9.49. The molecule has 2 amide bonds. The molecule has 0 spiro atoms. The van der Waals surface area contributed by atoms with E-state index >= 15 is 0 Å². The number of rotatable bonds is 7. The Hall–Kier alpha value is -4.92. The predicted molar refractivity (Wildman–Crippen MR) is 143 cm³/mol. The molecular formula is C31H24F2N2O5. The van der Waals surface area contributed by atoms with Gasteiger partial charge in [0.15, 0.2) is 12.2 Å². The Bertz CT molecular complexity index is 1500. The second kappa shape index (κ2) is 10.7. The van der Waals surface area contributed by atoms with Gasteiger partial charge in [-0.3, -0.25) is 9.80 Å². The van der Waals surface area contributed by atoms with Crippen molar-refractivity contribution < 1.29 is 32.6 Å². The van der Waals surface area contributed by atoms with E-state index in [1.807, 2.05) is 42.5 Å². The van der Waals surface area contributed by atoms with Gasteiger partial charge in [0.1, 0.15) is 30.0 Å². The zero-order valence-corrected chi connectivity index (χ0v) is 21.2. The number of carbonyl (C=O) groups is 2. The third kappa shape index (κ3) is 5.05. The maximum absolute atomic E-state index is 13.7. The van der Waals surface area contributed by atoms with Gasteiger partial charge in [-0.1, -0.05) is 42.5 Å². The van der Waals surface area contributed by atoms with E-state index < -0.39 is 42.1 Å². The summed E-state index contributed by atoms with van der Waals surface area (Å²) < 4.78 is 44.5. The summed E-state index contributed by atoms with van der Waals surface area (Å²) in [5.41, 5.74) is 2.63. The van der Waals surface area contributed by atoms with Crippen LogP contribution < -0.4 is 14.5 Å². The van der Waals surface area contributed by atoms with E-state index in [1.54, 1.807) is 12.1 Å². The minimum absolute atomic E-state index is 0.0917. The number of hydrogen-bond donors (Lipinski definition) is 0. The quantitative estimate of drug-likeness (QED) is 0.262. The highest BCUT2D eigenvalue weighted by Crippen LogP contribution is 2.41. The van der Waals surface area contributed by atoms with Gasteiger partial charge in [0, 0.05) is 11.4 Å². The Morgan fingerprint density at radius 2 is 1.35 bits per heavy atom. The van der Waals surface area contributed by atoms with Crippen molar-refractivity contribution in [1.82, 2.24) is 0 Å². The third-order valence-electron chi connectivity index (χ3n) is 6.94. The molecule has 2 fully saturated rings. The smallest absolute Gasteiger partial charge is 0.415 e. The van der Waals surface area contributed by atoms with Gasteiger partial charge in [-0.15, -0.1) is 0 Å². The summed E-state index contributed by atoms with van der Waals surface area (Å²) in [5.74, 6) is -0.231. The Morgan fingerprint density at radius 1 is 0.725 bits per heavy atom. The van der Waals surface area contributed by atoms with Crippen LogP contribution in [-0.4, -0.2) is 30.9 Å². The molecule has 0 aromatic heterocycles. The normalized spacial score (nSPS) is 20.4. The van der Waals surface area contributed by atoms with Gasteiger partial charge in [-0.05, 0) is 71.8 Å². The lowest BCUT2D eigenvalue weighted by Gasteiger charge is -2.27. The van der Waals surface area contributed by atoms with Crippen LogP contribution in [0.4, 0.5) is 29.7 Å². The molecular weight excluding hydrogens is 518 g/mol. The van der Waals surface area contributed by atoms with Crippen LogP contribution in [0.1, 0.15) is 17.2 Å². The first-order valence-corrected chi connectivity index (χ1v) is 12.7. The summed E-state index contributed by atoms with van der Waals surface area (Å²) in [6, 6.07) is 27.3. The number of benzene rings is 4. The Kier molecular flexibility index (Phi) is 6.77. The van der Waals surface area contributed by atoms with Crippen molar-refractivity contribution in [2.45, 2.75) is 24.9 Å². The number of anilines is 2. The van der Waals surface area contributed by atoms with E-state index in [0.717, 1.165) is 5.56 Å². The van der Waals surface area contributed by atoms with Crippen LogP contribution in [0.15, 0.2) is 103 Å². The summed E-state index contributed by atoms with van der Waals surface area (Å²) >= 11 is 0. The molecule has 0 N–H and O–H groups in total. The SMILES string of the molecule is O=C1OC(C2OC(=O)N(c3ccc(F)cc3)C2c2ccc(OCc3ccccc3)cc2)CN1c1ccc(F)cc1. The molecule has 2 aliphatic rings. The summed E-state index contributed by atoms with van der Waals surface area (Å²) in [5, 5.41) is 0. The Balaban J connectivity index is 1.28. The van der Waals surface area contributed by atoms with Crippen LogP contribution in [0.25, 0.3) is 0 Å². The molecule has 4 aromatic carbocycles. The zero-order valence-electron chi connectivity index (χ0n) is 21.2. The number of halogens is 2. The molecule has 2 saturated heterocycles. The van der Waals surface area contributed by atoms with E-state index in [-0.39, 0.29) is 6.54 Å². The molecule has 9 heteroatoms. The van der Waals surface area contributed by atoms with Crippen LogP contribution in [-0.2, 0) is 16.1 Å². The number of nitrogens with zero attached hydrogens (tertiary/aromatic N) is 2. The first-order chi connectivity index (χ1) is 19.5. The summed E-state index contributed by atoms with van der Waals surface area (Å²) in [6.07, 6.45) is -2.97. The second-order valence-corrected chi connectivity index (χ2v) is 9.49. The number of carbonyl (C=O) groups excluding carboxylic acids is 2. The van der Waals surface area contributed by atoms with E-state index in [9.17, 15) is 18.4 Å². The lowest BCUT2D eigenvalue weighted by atomic mass is 9.96. The molecule has 0 bridgehead atoms. The monoisotopic (exact) mass is 542 g/mol. The van der Waals surface area contributed by atoms with Gasteiger partial charge in [0.05, 0.1) is 6.54 Å². The van der Waals surface area contributed by atoms with Crippen molar-refractivity contribution in [3.8, 4) is 5.75 Å². The number of ether oxygens (including phenoxy) is 3. The van der Waals surface area contributed by atoms with E-state index in [1.165, 1.54) is 58.3 Å². The lowest BCUT2D eigenvalue weighted by Crippen LogP contribution is -2.37. The largest absolute Gasteiger partial charge is 0.489 e.